The summed E-state index contributed by atoms with van der Waals surface area (Å²) in [5.41, 5.74) is 5.55. The average molecular weight is 523 g/mol. The largest absolute Gasteiger partial charge is 0.373 e. The number of hydrogen-bond donors (Lipinski definition) is 2. The fourth-order valence-electron chi connectivity index (χ4n) is 5.27. The highest BCUT2D eigenvalue weighted by atomic mass is 16.5. The number of nitrogens with zero attached hydrogens (tertiary/aromatic N) is 4. The number of nitrogens with one attached hydrogen (secondary N) is 2. The minimum absolute atomic E-state index is 0.0247. The molecule has 0 saturated carbocycles. The first-order valence-electron chi connectivity index (χ1n) is 13.8. The quantitative estimate of drug-likeness (QED) is 0.333. The number of anilines is 3. The maximum absolute atomic E-state index is 12.8. The summed E-state index contributed by atoms with van der Waals surface area (Å²) in [5, 5.41) is 7.64. The molecule has 200 valence electrons. The lowest BCUT2D eigenvalue weighted by Crippen LogP contribution is -2.32. The smallest absolute Gasteiger partial charge is 0.227 e. The zero-order valence-corrected chi connectivity index (χ0v) is 22.1. The van der Waals surface area contributed by atoms with Gasteiger partial charge in [0, 0.05) is 59.9 Å². The molecule has 1 fully saturated rings. The van der Waals surface area contributed by atoms with Gasteiger partial charge in [-0.15, -0.1) is 0 Å². The van der Waals surface area contributed by atoms with E-state index in [2.05, 4.69) is 61.6 Å². The van der Waals surface area contributed by atoms with Crippen LogP contribution < -0.4 is 10.6 Å². The first kappa shape index (κ1) is 25.3. The highest BCUT2D eigenvalue weighted by Gasteiger charge is 2.14. The van der Waals surface area contributed by atoms with Gasteiger partial charge in [0.1, 0.15) is 0 Å². The molecule has 4 aromatic rings. The maximum atomic E-state index is 12.8. The summed E-state index contributed by atoms with van der Waals surface area (Å²) >= 11 is 0. The van der Waals surface area contributed by atoms with E-state index in [0.717, 1.165) is 59.9 Å². The predicted octanol–water partition coefficient (Wildman–Crippen LogP) is 5.74. The number of fused-ring (bicyclic) bond motifs is 6. The third-order valence-electron chi connectivity index (χ3n) is 7.40. The SMILES string of the molecule is O=C(CCN1CCCCC1)Nc1ccc2cc1COC/C=C\Cn1ccc3ccc(cc31)-c1ccnc(n1)N2. The molecule has 0 radical (unpaired) electrons. The Balaban J connectivity index is 1.24. The average Bonchev–Trinajstić information content (AvgIpc) is 3.37. The third-order valence-corrected chi connectivity index (χ3v) is 7.40. The molecular formula is C31H34N6O2. The van der Waals surface area contributed by atoms with Crippen LogP contribution in [0.5, 0.6) is 0 Å². The number of benzene rings is 2. The van der Waals surface area contributed by atoms with Crippen LogP contribution in [0.3, 0.4) is 0 Å². The standard InChI is InChI=1S/C31H34N6O2/c38-30(12-17-36-14-2-1-3-15-36)34-27-9-8-26-20-25(27)22-39-19-5-4-16-37-18-11-23-6-7-24(21-29(23)37)28-10-13-32-31(33-26)35-28/h4-11,13,18,20-21H,1-3,12,14-17,19,22H2,(H,34,38)(H,32,33,35)/b5-4-. The van der Waals surface area contributed by atoms with Gasteiger partial charge >= 0.3 is 0 Å². The molecule has 0 aliphatic carbocycles. The summed E-state index contributed by atoms with van der Waals surface area (Å²) in [4.78, 5) is 24.4. The minimum Gasteiger partial charge on any atom is -0.373 e. The van der Waals surface area contributed by atoms with Crippen molar-refractivity contribution in [2.24, 2.45) is 0 Å². The van der Waals surface area contributed by atoms with E-state index in [1.807, 2.05) is 30.3 Å². The topological polar surface area (TPSA) is 84.3 Å². The molecule has 2 aliphatic heterocycles. The van der Waals surface area contributed by atoms with Gasteiger partial charge in [0.05, 0.1) is 18.9 Å². The van der Waals surface area contributed by atoms with Gasteiger partial charge < -0.3 is 24.8 Å². The highest BCUT2D eigenvalue weighted by molar-refractivity contribution is 5.92. The van der Waals surface area contributed by atoms with E-state index in [9.17, 15) is 4.79 Å². The molecule has 1 saturated heterocycles. The Morgan fingerprint density at radius 1 is 1.03 bits per heavy atom. The molecule has 8 nitrogen and oxygen atoms in total. The second-order valence-corrected chi connectivity index (χ2v) is 10.2. The third kappa shape index (κ3) is 6.19. The van der Waals surface area contributed by atoms with Crippen LogP contribution >= 0.6 is 0 Å². The molecule has 6 bridgehead atoms. The zero-order valence-electron chi connectivity index (χ0n) is 22.1. The van der Waals surface area contributed by atoms with Gasteiger partial charge in [0.2, 0.25) is 11.9 Å². The van der Waals surface area contributed by atoms with Crippen molar-refractivity contribution in [2.75, 3.05) is 36.9 Å². The summed E-state index contributed by atoms with van der Waals surface area (Å²) in [6, 6.07) is 16.3. The lowest BCUT2D eigenvalue weighted by molar-refractivity contribution is -0.116. The number of piperidine rings is 1. The van der Waals surface area contributed by atoms with Crippen molar-refractivity contribution in [1.82, 2.24) is 19.4 Å². The number of ether oxygens (including phenoxy) is 1. The van der Waals surface area contributed by atoms with Crippen molar-refractivity contribution in [1.29, 1.82) is 0 Å². The second kappa shape index (κ2) is 11.8. The van der Waals surface area contributed by atoms with Crippen molar-refractivity contribution in [3.63, 3.8) is 0 Å². The van der Waals surface area contributed by atoms with E-state index in [4.69, 9.17) is 9.72 Å². The maximum Gasteiger partial charge on any atom is 0.227 e. The van der Waals surface area contributed by atoms with Gasteiger partial charge in [0.25, 0.3) is 0 Å². The summed E-state index contributed by atoms with van der Waals surface area (Å²) in [5.74, 6) is 0.538. The number of amides is 1. The molecule has 2 aromatic heterocycles. The Labute approximate surface area is 228 Å². The number of allylic oxidation sites excluding steroid dienone is 1. The number of carbonyl (C=O) groups is 1. The lowest BCUT2D eigenvalue weighted by Gasteiger charge is -2.26. The Bertz CT molecular complexity index is 1490. The number of aromatic nitrogens is 3. The Morgan fingerprint density at radius 2 is 1.95 bits per heavy atom. The molecule has 39 heavy (non-hydrogen) atoms. The summed E-state index contributed by atoms with van der Waals surface area (Å²) < 4.78 is 8.22. The van der Waals surface area contributed by atoms with E-state index in [0.29, 0.717) is 25.6 Å². The monoisotopic (exact) mass is 522 g/mol. The molecule has 2 aliphatic rings. The van der Waals surface area contributed by atoms with E-state index >= 15 is 0 Å². The van der Waals surface area contributed by atoms with E-state index in [1.165, 1.54) is 24.6 Å². The van der Waals surface area contributed by atoms with Crippen LogP contribution in [0.15, 0.2) is 73.1 Å². The Hall–Kier alpha value is -4.01. The van der Waals surface area contributed by atoms with Gasteiger partial charge in [-0.1, -0.05) is 30.7 Å². The van der Waals surface area contributed by atoms with Crippen molar-refractivity contribution < 1.29 is 9.53 Å². The number of carbonyl (C=O) groups excluding carboxylic acids is 1. The van der Waals surface area contributed by atoms with Crippen molar-refractivity contribution in [2.45, 2.75) is 38.8 Å². The number of rotatable bonds is 4. The molecule has 8 heteroatoms. The van der Waals surface area contributed by atoms with Crippen LogP contribution in [0, 0.1) is 0 Å². The van der Waals surface area contributed by atoms with Crippen LogP contribution in [-0.2, 0) is 22.7 Å². The second-order valence-electron chi connectivity index (χ2n) is 10.2. The first-order valence-corrected chi connectivity index (χ1v) is 13.8. The summed E-state index contributed by atoms with van der Waals surface area (Å²) in [6.45, 7) is 4.58. The summed E-state index contributed by atoms with van der Waals surface area (Å²) in [7, 11) is 0. The van der Waals surface area contributed by atoms with Gasteiger partial charge in [-0.05, 0) is 67.7 Å². The van der Waals surface area contributed by atoms with Crippen molar-refractivity contribution >= 4 is 34.1 Å². The molecule has 0 atom stereocenters. The van der Waals surface area contributed by atoms with E-state index in [1.54, 1.807) is 6.20 Å². The minimum atomic E-state index is 0.0247. The molecule has 4 heterocycles. The van der Waals surface area contributed by atoms with E-state index in [-0.39, 0.29) is 5.91 Å². The van der Waals surface area contributed by atoms with Crippen LogP contribution in [0.2, 0.25) is 0 Å². The van der Waals surface area contributed by atoms with Crippen molar-refractivity contribution in [3.8, 4) is 11.3 Å². The van der Waals surface area contributed by atoms with Gasteiger partial charge in [-0.3, -0.25) is 4.79 Å². The molecule has 0 unspecified atom stereocenters. The van der Waals surface area contributed by atoms with Gasteiger partial charge in [0.15, 0.2) is 0 Å². The normalized spacial score (nSPS) is 16.9. The molecule has 1 amide bonds. The molecule has 2 N–H and O–H groups in total. The molecule has 6 rings (SSSR count). The highest BCUT2D eigenvalue weighted by Crippen LogP contribution is 2.27. The van der Waals surface area contributed by atoms with Gasteiger partial charge in [-0.25, -0.2) is 9.97 Å². The van der Waals surface area contributed by atoms with Gasteiger partial charge in [-0.2, -0.15) is 0 Å². The molecule has 0 spiro atoms. The lowest BCUT2D eigenvalue weighted by atomic mass is 10.1. The molecular weight excluding hydrogens is 488 g/mol. The predicted molar refractivity (Wildman–Crippen MR) is 155 cm³/mol. The van der Waals surface area contributed by atoms with E-state index < -0.39 is 0 Å². The van der Waals surface area contributed by atoms with Crippen LogP contribution in [0.4, 0.5) is 17.3 Å². The Morgan fingerprint density at radius 3 is 2.87 bits per heavy atom. The van der Waals surface area contributed by atoms with Crippen LogP contribution in [0.1, 0.15) is 31.2 Å². The van der Waals surface area contributed by atoms with Crippen LogP contribution in [0.25, 0.3) is 22.2 Å². The fourth-order valence-corrected chi connectivity index (χ4v) is 5.27. The zero-order chi connectivity index (χ0) is 26.4. The first-order chi connectivity index (χ1) is 19.2. The fraction of sp³-hybridized carbons (Fsp3) is 0.323. The van der Waals surface area contributed by atoms with Crippen LogP contribution in [-0.4, -0.2) is 51.6 Å². The number of likely N-dealkylation sites (tertiary alicyclic amines) is 1. The van der Waals surface area contributed by atoms with Crippen molar-refractivity contribution in [3.05, 3.63) is 78.6 Å². The number of hydrogen-bond acceptors (Lipinski definition) is 6. The Kier molecular flexibility index (Phi) is 7.65. The summed E-state index contributed by atoms with van der Waals surface area (Å²) in [6.07, 6.45) is 12.3. The molecule has 2 aromatic carbocycles.